The Morgan fingerprint density at radius 2 is 1.82 bits per heavy atom. The van der Waals surface area contributed by atoms with Gasteiger partial charge in [-0.2, -0.15) is 0 Å². The van der Waals surface area contributed by atoms with Crippen LogP contribution in [-0.4, -0.2) is 35.0 Å². The first-order valence-corrected chi connectivity index (χ1v) is 13.4. The Morgan fingerprint density at radius 3 is 2.51 bits per heavy atom. The quantitative estimate of drug-likeness (QED) is 0.319. The Kier molecular flexibility index (Phi) is 7.29. The zero-order valence-corrected chi connectivity index (χ0v) is 22.8. The number of fused-ring (bicyclic) bond motifs is 2. The van der Waals surface area contributed by atoms with Crippen molar-refractivity contribution >= 4 is 5.97 Å². The molecular weight excluding hydrogens is 499 g/mol. The molecule has 0 amide bonds. The minimum Gasteiger partial charge on any atom is -0.493 e. The third kappa shape index (κ3) is 5.88. The van der Waals surface area contributed by atoms with Crippen molar-refractivity contribution < 1.29 is 33.6 Å². The van der Waals surface area contributed by atoms with Crippen LogP contribution in [-0.2, 0) is 11.2 Å². The van der Waals surface area contributed by atoms with E-state index in [0.29, 0.717) is 31.1 Å². The molecule has 3 aromatic rings. The maximum absolute atomic E-state index is 15.0. The van der Waals surface area contributed by atoms with Crippen molar-refractivity contribution in [1.29, 1.82) is 0 Å². The van der Waals surface area contributed by atoms with E-state index in [0.717, 1.165) is 57.5 Å². The maximum Gasteiger partial charge on any atom is 0.304 e. The van der Waals surface area contributed by atoms with E-state index in [1.165, 1.54) is 0 Å². The average molecular weight is 535 g/mol. The molecule has 5 rings (SSSR count). The van der Waals surface area contributed by atoms with Crippen molar-refractivity contribution in [2.45, 2.75) is 71.0 Å². The fraction of sp³-hybridized carbons (Fsp3) is 0.406. The van der Waals surface area contributed by atoms with Crippen molar-refractivity contribution in [3.8, 4) is 28.4 Å². The second-order valence-electron chi connectivity index (χ2n) is 11.3. The fourth-order valence-corrected chi connectivity index (χ4v) is 5.73. The van der Waals surface area contributed by atoms with E-state index < -0.39 is 11.6 Å². The van der Waals surface area contributed by atoms with E-state index in [9.17, 15) is 14.3 Å². The summed E-state index contributed by atoms with van der Waals surface area (Å²) in [5.41, 5.74) is 5.89. The molecule has 0 aromatic heterocycles. The molecule has 2 aliphatic rings. The van der Waals surface area contributed by atoms with E-state index in [4.69, 9.17) is 19.3 Å². The van der Waals surface area contributed by atoms with E-state index in [-0.39, 0.29) is 24.3 Å². The Labute approximate surface area is 228 Å². The normalized spacial score (nSPS) is 17.9. The highest BCUT2D eigenvalue weighted by molar-refractivity contribution is 5.76. The average Bonchev–Trinajstić information content (AvgIpc) is 3.41. The highest BCUT2D eigenvalue weighted by Crippen LogP contribution is 2.44. The number of carbonyl (C=O) groups is 1. The number of carboxylic acid groups (broad SMARTS) is 1. The van der Waals surface area contributed by atoms with Gasteiger partial charge in [0.15, 0.2) is 0 Å². The van der Waals surface area contributed by atoms with E-state index in [2.05, 4.69) is 0 Å². The molecule has 1 heterocycles. The number of aryl methyl sites for hydroxylation is 2. The molecule has 206 valence electrons. The van der Waals surface area contributed by atoms with Gasteiger partial charge in [0.2, 0.25) is 0 Å². The summed E-state index contributed by atoms with van der Waals surface area (Å²) in [4.78, 5) is 11.1. The minimum atomic E-state index is -0.851. The number of hydrogen-bond acceptors (Lipinski definition) is 5. The molecule has 0 radical (unpaired) electrons. The number of benzene rings is 3. The zero-order chi connectivity index (χ0) is 27.9. The van der Waals surface area contributed by atoms with E-state index in [1.54, 1.807) is 32.0 Å². The van der Waals surface area contributed by atoms with Crippen molar-refractivity contribution in [3.63, 3.8) is 0 Å². The molecule has 0 bridgehead atoms. The van der Waals surface area contributed by atoms with Crippen LogP contribution in [0.4, 0.5) is 4.39 Å². The second kappa shape index (κ2) is 10.5. The third-order valence-corrected chi connectivity index (χ3v) is 7.57. The molecule has 2 atom stereocenters. The van der Waals surface area contributed by atoms with Gasteiger partial charge >= 0.3 is 5.97 Å². The summed E-state index contributed by atoms with van der Waals surface area (Å²) in [5, 5.41) is 19.1. The number of halogens is 1. The largest absolute Gasteiger partial charge is 0.493 e. The van der Waals surface area contributed by atoms with Crippen LogP contribution in [0.2, 0.25) is 0 Å². The lowest BCUT2D eigenvalue weighted by Gasteiger charge is -2.20. The van der Waals surface area contributed by atoms with Crippen LogP contribution in [0.1, 0.15) is 72.9 Å². The number of aliphatic carboxylic acids is 1. The number of carboxylic acids is 1. The summed E-state index contributed by atoms with van der Waals surface area (Å²) >= 11 is 0. The molecule has 3 aromatic carbocycles. The predicted octanol–water partition coefficient (Wildman–Crippen LogP) is 6.67. The van der Waals surface area contributed by atoms with Gasteiger partial charge < -0.3 is 24.4 Å². The number of rotatable bonds is 9. The van der Waals surface area contributed by atoms with Crippen LogP contribution >= 0.6 is 0 Å². The van der Waals surface area contributed by atoms with Gasteiger partial charge in [0.05, 0.1) is 25.2 Å². The lowest BCUT2D eigenvalue weighted by atomic mass is 9.90. The summed E-state index contributed by atoms with van der Waals surface area (Å²) in [6.45, 7) is 8.28. The van der Waals surface area contributed by atoms with E-state index >= 15 is 0 Å². The summed E-state index contributed by atoms with van der Waals surface area (Å²) in [7, 11) is 0. The van der Waals surface area contributed by atoms with Gasteiger partial charge in [0, 0.05) is 24.0 Å². The summed E-state index contributed by atoms with van der Waals surface area (Å²) < 4.78 is 33.0. The molecule has 1 aliphatic heterocycles. The van der Waals surface area contributed by atoms with Crippen molar-refractivity contribution in [1.82, 2.24) is 0 Å². The van der Waals surface area contributed by atoms with Gasteiger partial charge in [0.25, 0.3) is 0 Å². The molecule has 1 aliphatic carbocycles. The van der Waals surface area contributed by atoms with Gasteiger partial charge in [0.1, 0.15) is 29.2 Å². The van der Waals surface area contributed by atoms with Crippen molar-refractivity contribution in [2.75, 3.05) is 13.2 Å². The smallest absolute Gasteiger partial charge is 0.304 e. The maximum atomic E-state index is 15.0. The molecule has 0 saturated carbocycles. The predicted molar refractivity (Wildman–Crippen MR) is 146 cm³/mol. The highest BCUT2D eigenvalue weighted by atomic mass is 19.1. The van der Waals surface area contributed by atoms with Crippen molar-refractivity contribution in [3.05, 3.63) is 76.1 Å². The van der Waals surface area contributed by atoms with Gasteiger partial charge in [-0.05, 0) is 104 Å². The molecule has 7 heteroatoms. The van der Waals surface area contributed by atoms with Crippen LogP contribution in [0.25, 0.3) is 11.1 Å². The molecule has 39 heavy (non-hydrogen) atoms. The third-order valence-electron chi connectivity index (χ3n) is 7.57. The first-order chi connectivity index (χ1) is 18.5. The number of aliphatic hydroxyl groups is 1. The topological polar surface area (TPSA) is 85.2 Å². The standard InChI is InChI=1S/C32H35FO6/c1-18-11-23(37-10-9-32(3,4)36)12-19(2)31(18)27-15-21(33)14-26-25(27)7-8-28(26)39-22-5-6-24-20(13-30(34)35)17-38-29(24)16-22/h5-6,11-12,14-16,20,28,36H,7-10,13,17H2,1-4H3,(H,34,35)/t20-,28-/m1/s1. The first kappa shape index (κ1) is 27.0. The lowest BCUT2D eigenvalue weighted by Crippen LogP contribution is -2.21. The minimum absolute atomic E-state index is 0.0258. The Balaban J connectivity index is 1.38. The van der Waals surface area contributed by atoms with Gasteiger partial charge in [-0.15, -0.1) is 0 Å². The van der Waals surface area contributed by atoms with E-state index in [1.807, 2.05) is 38.1 Å². The molecule has 0 saturated heterocycles. The monoisotopic (exact) mass is 534 g/mol. The molecule has 0 unspecified atom stereocenters. The van der Waals surface area contributed by atoms with Crippen LogP contribution in [0.15, 0.2) is 42.5 Å². The first-order valence-electron chi connectivity index (χ1n) is 13.4. The number of hydrogen-bond donors (Lipinski definition) is 2. The lowest BCUT2D eigenvalue weighted by molar-refractivity contribution is -0.137. The Bertz CT molecular complexity index is 1380. The van der Waals surface area contributed by atoms with Crippen LogP contribution in [0.5, 0.6) is 17.2 Å². The van der Waals surface area contributed by atoms with Crippen LogP contribution < -0.4 is 14.2 Å². The molecule has 2 N–H and O–H groups in total. The molecule has 0 spiro atoms. The van der Waals surface area contributed by atoms with Crippen molar-refractivity contribution in [2.24, 2.45) is 0 Å². The Morgan fingerprint density at radius 1 is 1.08 bits per heavy atom. The zero-order valence-electron chi connectivity index (χ0n) is 22.8. The van der Waals surface area contributed by atoms with Crippen LogP contribution in [0.3, 0.4) is 0 Å². The Hall–Kier alpha value is -3.58. The van der Waals surface area contributed by atoms with Crippen LogP contribution in [0, 0.1) is 19.7 Å². The van der Waals surface area contributed by atoms with Gasteiger partial charge in [-0.3, -0.25) is 4.79 Å². The molecule has 0 fully saturated rings. The number of ether oxygens (including phenoxy) is 3. The fourth-order valence-electron chi connectivity index (χ4n) is 5.73. The summed E-state index contributed by atoms with van der Waals surface area (Å²) in [5.74, 6) is 0.672. The summed E-state index contributed by atoms with van der Waals surface area (Å²) in [6, 6.07) is 12.6. The van der Waals surface area contributed by atoms with Gasteiger partial charge in [-0.25, -0.2) is 4.39 Å². The summed E-state index contributed by atoms with van der Waals surface area (Å²) in [6.07, 6.45) is 1.74. The molecule has 6 nitrogen and oxygen atoms in total. The molecular formula is C32H35FO6. The second-order valence-corrected chi connectivity index (χ2v) is 11.3. The highest BCUT2D eigenvalue weighted by Gasteiger charge is 2.31. The SMILES string of the molecule is Cc1cc(OCCC(C)(C)O)cc(C)c1-c1cc(F)cc2c1CC[C@H]2Oc1ccc2c(c1)OC[C@H]2CC(=O)O. The van der Waals surface area contributed by atoms with Gasteiger partial charge in [-0.1, -0.05) is 6.07 Å².